The number of hydrogen-bond acceptors (Lipinski definition) is 4. The number of methoxy groups -OCH3 is 2. The number of esters is 1. The largest absolute Gasteiger partial charge is 0.458 e. The second-order valence-electron chi connectivity index (χ2n) is 3.63. The van der Waals surface area contributed by atoms with Gasteiger partial charge in [-0.05, 0) is 5.56 Å². The van der Waals surface area contributed by atoms with Crippen molar-refractivity contribution in [2.24, 2.45) is 0 Å². The van der Waals surface area contributed by atoms with Crippen LogP contribution in [0, 0.1) is 0 Å². The number of ether oxygens (including phenoxy) is 3. The molecule has 1 rings (SSSR count). The van der Waals surface area contributed by atoms with E-state index in [9.17, 15) is 4.79 Å². The molecular formula is C14H18O4. The van der Waals surface area contributed by atoms with E-state index in [1.165, 1.54) is 6.08 Å². The summed E-state index contributed by atoms with van der Waals surface area (Å²) in [5.74, 6) is -0.371. The van der Waals surface area contributed by atoms with E-state index in [0.717, 1.165) is 5.56 Å². The summed E-state index contributed by atoms with van der Waals surface area (Å²) >= 11 is 0. The molecule has 0 fully saturated rings. The highest BCUT2D eigenvalue weighted by molar-refractivity contribution is 5.81. The lowest BCUT2D eigenvalue weighted by Crippen LogP contribution is -2.11. The molecule has 0 aliphatic rings. The van der Waals surface area contributed by atoms with E-state index in [1.807, 2.05) is 30.3 Å². The van der Waals surface area contributed by atoms with Gasteiger partial charge in [-0.15, -0.1) is 0 Å². The van der Waals surface area contributed by atoms with E-state index < -0.39 is 0 Å². The Balaban J connectivity index is 2.27. The minimum absolute atomic E-state index is 0.280. The second-order valence-corrected chi connectivity index (χ2v) is 3.63. The molecule has 0 atom stereocenters. The molecule has 0 saturated heterocycles. The van der Waals surface area contributed by atoms with E-state index >= 15 is 0 Å². The third kappa shape index (κ3) is 5.61. The molecule has 0 amide bonds. The van der Waals surface area contributed by atoms with E-state index in [1.54, 1.807) is 20.3 Å². The smallest absolute Gasteiger partial charge is 0.330 e. The number of carbonyl (C=O) groups is 1. The first-order chi connectivity index (χ1) is 8.76. The van der Waals surface area contributed by atoms with Crippen LogP contribution < -0.4 is 0 Å². The fourth-order valence-corrected chi connectivity index (χ4v) is 1.34. The molecule has 0 N–H and O–H groups in total. The van der Waals surface area contributed by atoms with Gasteiger partial charge in [0.2, 0.25) is 0 Å². The Morgan fingerprint density at radius 3 is 2.50 bits per heavy atom. The molecule has 0 aliphatic heterocycles. The maximum Gasteiger partial charge on any atom is 0.330 e. The highest BCUT2D eigenvalue weighted by Gasteiger charge is 2.02. The first kappa shape index (κ1) is 14.4. The van der Waals surface area contributed by atoms with Gasteiger partial charge in [0.15, 0.2) is 6.29 Å². The molecule has 0 aliphatic carbocycles. The lowest BCUT2D eigenvalue weighted by atomic mass is 10.2. The summed E-state index contributed by atoms with van der Waals surface area (Å²) in [4.78, 5) is 11.4. The molecular weight excluding hydrogens is 232 g/mol. The Bertz CT molecular complexity index is 369. The average Bonchev–Trinajstić information content (AvgIpc) is 2.42. The lowest BCUT2D eigenvalue weighted by Gasteiger charge is -2.09. The van der Waals surface area contributed by atoms with Crippen LogP contribution in [0.5, 0.6) is 0 Å². The highest BCUT2D eigenvalue weighted by atomic mass is 16.7. The maximum atomic E-state index is 11.4. The van der Waals surface area contributed by atoms with Crippen LogP contribution in [0.1, 0.15) is 12.0 Å². The molecule has 98 valence electrons. The first-order valence-corrected chi connectivity index (χ1v) is 5.69. The van der Waals surface area contributed by atoms with Gasteiger partial charge in [0.25, 0.3) is 0 Å². The molecule has 0 unspecified atom stereocenters. The molecule has 0 bridgehead atoms. The number of benzene rings is 1. The minimum Gasteiger partial charge on any atom is -0.458 e. The van der Waals surface area contributed by atoms with Crippen molar-refractivity contribution in [2.75, 3.05) is 14.2 Å². The van der Waals surface area contributed by atoms with Gasteiger partial charge in [0.05, 0.1) is 0 Å². The third-order valence-corrected chi connectivity index (χ3v) is 2.33. The van der Waals surface area contributed by atoms with Crippen molar-refractivity contribution in [3.63, 3.8) is 0 Å². The zero-order valence-corrected chi connectivity index (χ0v) is 10.7. The molecule has 0 spiro atoms. The van der Waals surface area contributed by atoms with Gasteiger partial charge < -0.3 is 14.2 Å². The minimum atomic E-state index is -0.371. The molecule has 4 heteroatoms. The van der Waals surface area contributed by atoms with Crippen LogP contribution in [0.3, 0.4) is 0 Å². The highest BCUT2D eigenvalue weighted by Crippen LogP contribution is 2.02. The number of hydrogen-bond donors (Lipinski definition) is 0. The predicted octanol–water partition coefficient (Wildman–Crippen LogP) is 2.29. The Morgan fingerprint density at radius 2 is 1.89 bits per heavy atom. The Hall–Kier alpha value is -1.65. The summed E-state index contributed by atoms with van der Waals surface area (Å²) in [5.41, 5.74) is 0.964. The van der Waals surface area contributed by atoms with Crippen molar-refractivity contribution in [1.29, 1.82) is 0 Å². The van der Waals surface area contributed by atoms with Crippen molar-refractivity contribution in [1.82, 2.24) is 0 Å². The maximum absolute atomic E-state index is 11.4. The quantitative estimate of drug-likeness (QED) is 0.423. The van der Waals surface area contributed by atoms with Crippen molar-refractivity contribution in [3.05, 3.63) is 48.0 Å². The summed E-state index contributed by atoms with van der Waals surface area (Å²) in [7, 11) is 3.10. The third-order valence-electron chi connectivity index (χ3n) is 2.33. The van der Waals surface area contributed by atoms with E-state index in [2.05, 4.69) is 0 Å². The summed E-state index contributed by atoms with van der Waals surface area (Å²) in [6.07, 6.45) is 3.23. The Kier molecular flexibility index (Phi) is 6.76. The average molecular weight is 250 g/mol. The van der Waals surface area contributed by atoms with Gasteiger partial charge in [0.1, 0.15) is 6.61 Å². The van der Waals surface area contributed by atoms with Gasteiger partial charge >= 0.3 is 5.97 Å². The van der Waals surface area contributed by atoms with Crippen molar-refractivity contribution >= 4 is 5.97 Å². The van der Waals surface area contributed by atoms with Gasteiger partial charge in [-0.1, -0.05) is 36.4 Å². The van der Waals surface area contributed by atoms with Crippen LogP contribution in [0.2, 0.25) is 0 Å². The monoisotopic (exact) mass is 250 g/mol. The van der Waals surface area contributed by atoms with Crippen molar-refractivity contribution < 1.29 is 19.0 Å². The van der Waals surface area contributed by atoms with E-state index in [0.29, 0.717) is 6.42 Å². The lowest BCUT2D eigenvalue weighted by molar-refractivity contribution is -0.139. The molecule has 1 aromatic rings. The van der Waals surface area contributed by atoms with E-state index in [-0.39, 0.29) is 18.9 Å². The van der Waals surface area contributed by atoms with E-state index in [4.69, 9.17) is 14.2 Å². The number of carbonyl (C=O) groups excluding carboxylic acids is 1. The molecule has 18 heavy (non-hydrogen) atoms. The fraction of sp³-hybridized carbons (Fsp3) is 0.357. The molecule has 0 aromatic heterocycles. The summed E-state index contributed by atoms with van der Waals surface area (Å²) in [5, 5.41) is 0. The summed E-state index contributed by atoms with van der Waals surface area (Å²) < 4.78 is 15.0. The van der Waals surface area contributed by atoms with Gasteiger partial charge in [-0.2, -0.15) is 0 Å². The van der Waals surface area contributed by atoms with Crippen LogP contribution in [0.4, 0.5) is 0 Å². The fourth-order valence-electron chi connectivity index (χ4n) is 1.34. The van der Waals surface area contributed by atoms with Crippen LogP contribution in [0.15, 0.2) is 42.5 Å². The SMILES string of the molecule is COC(C/C=C/C(=O)OCc1ccccc1)OC. The topological polar surface area (TPSA) is 44.8 Å². The normalized spacial score (nSPS) is 11.1. The summed E-state index contributed by atoms with van der Waals surface area (Å²) in [6, 6.07) is 9.54. The summed E-state index contributed by atoms with van der Waals surface area (Å²) in [6.45, 7) is 0.280. The molecule has 1 aromatic carbocycles. The molecule has 0 radical (unpaired) electrons. The van der Waals surface area contributed by atoms with Gasteiger partial charge in [0, 0.05) is 26.7 Å². The molecule has 0 heterocycles. The van der Waals surface area contributed by atoms with Gasteiger partial charge in [-0.25, -0.2) is 4.79 Å². The van der Waals surface area contributed by atoms with Crippen LogP contribution >= 0.6 is 0 Å². The zero-order chi connectivity index (χ0) is 13.2. The zero-order valence-electron chi connectivity index (χ0n) is 10.7. The second kappa shape index (κ2) is 8.44. The van der Waals surface area contributed by atoms with Crippen LogP contribution in [0.25, 0.3) is 0 Å². The van der Waals surface area contributed by atoms with Crippen molar-refractivity contribution in [3.8, 4) is 0 Å². The first-order valence-electron chi connectivity index (χ1n) is 5.69. The molecule has 4 nitrogen and oxygen atoms in total. The standard InChI is InChI=1S/C14H18O4/c1-16-14(17-2)10-6-9-13(15)18-11-12-7-4-3-5-8-12/h3-9,14H,10-11H2,1-2H3/b9-6+. The van der Waals surface area contributed by atoms with Crippen LogP contribution in [-0.4, -0.2) is 26.5 Å². The van der Waals surface area contributed by atoms with Crippen molar-refractivity contribution in [2.45, 2.75) is 19.3 Å². The van der Waals surface area contributed by atoms with Gasteiger partial charge in [-0.3, -0.25) is 0 Å². The predicted molar refractivity (Wildman–Crippen MR) is 67.8 cm³/mol. The molecule has 0 saturated carbocycles. The Labute approximate surface area is 107 Å². The Morgan fingerprint density at radius 1 is 1.22 bits per heavy atom. The number of rotatable bonds is 7. The van der Waals surface area contributed by atoms with Crippen LogP contribution in [-0.2, 0) is 25.6 Å².